The van der Waals surface area contributed by atoms with Crippen LogP contribution in [0.4, 0.5) is 11.4 Å². The van der Waals surface area contributed by atoms with Crippen molar-refractivity contribution >= 4 is 27.3 Å². The molecule has 7 heteroatoms. The normalized spacial score (nSPS) is 11.7. The zero-order valence-electron chi connectivity index (χ0n) is 20.3. The molecule has 0 aliphatic heterocycles. The van der Waals surface area contributed by atoms with Crippen LogP contribution in [0.1, 0.15) is 43.9 Å². The second-order valence-electron chi connectivity index (χ2n) is 9.05. The molecule has 0 heterocycles. The minimum Gasteiger partial charge on any atom is -0.484 e. The molecule has 6 nitrogen and oxygen atoms in total. The first-order valence-corrected chi connectivity index (χ1v) is 12.7. The summed E-state index contributed by atoms with van der Waals surface area (Å²) < 4.78 is 33.6. The largest absolute Gasteiger partial charge is 0.484 e. The predicted octanol–water partition coefficient (Wildman–Crippen LogP) is 5.81. The number of sulfonamides is 1. The number of anilines is 2. The van der Waals surface area contributed by atoms with Gasteiger partial charge in [-0.05, 0) is 79.3 Å². The third-order valence-corrected chi connectivity index (χ3v) is 7.35. The summed E-state index contributed by atoms with van der Waals surface area (Å²) in [6.07, 6.45) is 1.03. The zero-order valence-corrected chi connectivity index (χ0v) is 21.1. The van der Waals surface area contributed by atoms with E-state index in [4.69, 9.17) is 4.74 Å². The Morgan fingerprint density at radius 2 is 1.59 bits per heavy atom. The maximum Gasteiger partial charge on any atom is 0.262 e. The molecule has 0 bridgehead atoms. The summed E-state index contributed by atoms with van der Waals surface area (Å²) in [7, 11) is -3.74. The molecule has 0 saturated carbocycles. The average Bonchev–Trinajstić information content (AvgIpc) is 2.80. The van der Waals surface area contributed by atoms with Crippen LogP contribution in [-0.2, 0) is 20.2 Å². The Labute approximate surface area is 202 Å². The molecule has 0 radical (unpaired) electrons. The minimum atomic E-state index is -3.74. The van der Waals surface area contributed by atoms with Crippen molar-refractivity contribution in [2.75, 3.05) is 16.6 Å². The maximum absolute atomic E-state index is 12.7. The summed E-state index contributed by atoms with van der Waals surface area (Å²) in [6, 6.07) is 19.3. The van der Waals surface area contributed by atoms with Gasteiger partial charge in [0.1, 0.15) is 5.75 Å². The van der Waals surface area contributed by atoms with Gasteiger partial charge in [-0.15, -0.1) is 0 Å². The van der Waals surface area contributed by atoms with Gasteiger partial charge < -0.3 is 10.1 Å². The molecule has 3 rings (SSSR count). The van der Waals surface area contributed by atoms with Gasteiger partial charge >= 0.3 is 0 Å². The molecule has 1 amide bonds. The first kappa shape index (κ1) is 25.3. The molecule has 180 valence electrons. The number of ether oxygens (including phenoxy) is 1. The Morgan fingerprint density at radius 3 is 2.18 bits per heavy atom. The Morgan fingerprint density at radius 1 is 0.941 bits per heavy atom. The number of carbonyl (C=O) groups excluding carboxylic acids is 1. The Hall–Kier alpha value is -3.32. The van der Waals surface area contributed by atoms with Crippen molar-refractivity contribution in [2.24, 2.45) is 0 Å². The van der Waals surface area contributed by atoms with E-state index in [9.17, 15) is 13.2 Å². The molecule has 0 spiro atoms. The smallest absolute Gasteiger partial charge is 0.262 e. The van der Waals surface area contributed by atoms with Crippen molar-refractivity contribution in [3.05, 3.63) is 83.4 Å². The number of benzene rings is 3. The van der Waals surface area contributed by atoms with E-state index in [1.165, 1.54) is 17.7 Å². The van der Waals surface area contributed by atoms with Crippen molar-refractivity contribution in [2.45, 2.75) is 51.3 Å². The van der Waals surface area contributed by atoms with Gasteiger partial charge in [0.2, 0.25) is 0 Å². The van der Waals surface area contributed by atoms with Gasteiger partial charge in [0.15, 0.2) is 6.61 Å². The molecular weight excluding hydrogens is 448 g/mol. The average molecular weight is 481 g/mol. The van der Waals surface area contributed by atoms with Crippen LogP contribution < -0.4 is 14.8 Å². The van der Waals surface area contributed by atoms with Crippen molar-refractivity contribution < 1.29 is 17.9 Å². The minimum absolute atomic E-state index is 0.0873. The molecule has 3 aromatic carbocycles. The Bertz CT molecular complexity index is 1250. The molecule has 0 fully saturated rings. The van der Waals surface area contributed by atoms with Crippen LogP contribution in [0.25, 0.3) is 0 Å². The van der Waals surface area contributed by atoms with Crippen LogP contribution in [0.3, 0.4) is 0 Å². The molecule has 3 aromatic rings. The first-order valence-electron chi connectivity index (χ1n) is 11.2. The topological polar surface area (TPSA) is 84.5 Å². The molecule has 0 atom stereocenters. The molecule has 0 aliphatic rings. The number of amides is 1. The number of hydrogen-bond acceptors (Lipinski definition) is 4. The fraction of sp³-hybridized carbons (Fsp3) is 0.296. The molecular formula is C27H32N2O4S. The monoisotopic (exact) mass is 480 g/mol. The van der Waals surface area contributed by atoms with E-state index in [1.54, 1.807) is 18.2 Å². The number of hydrogen-bond donors (Lipinski definition) is 2. The highest BCUT2D eigenvalue weighted by molar-refractivity contribution is 7.92. The standard InChI is InChI=1S/C27H32N2O4S/c1-6-27(4,5)21-8-12-23(13-9-21)33-18-26(30)28-22-10-14-24(15-11-22)34(31,32)29-25-16-7-19(2)17-20(25)3/h7-17,29H,6,18H2,1-5H3,(H,28,30). The van der Waals surface area contributed by atoms with E-state index in [2.05, 4.69) is 30.8 Å². The second-order valence-corrected chi connectivity index (χ2v) is 10.7. The number of carbonyl (C=O) groups is 1. The van der Waals surface area contributed by atoms with Crippen LogP contribution in [0.5, 0.6) is 5.75 Å². The third-order valence-electron chi connectivity index (χ3n) is 5.96. The highest BCUT2D eigenvalue weighted by atomic mass is 32.2. The van der Waals surface area contributed by atoms with Crippen LogP contribution >= 0.6 is 0 Å². The highest BCUT2D eigenvalue weighted by Crippen LogP contribution is 2.28. The van der Waals surface area contributed by atoms with Crippen molar-refractivity contribution in [1.82, 2.24) is 0 Å². The summed E-state index contributed by atoms with van der Waals surface area (Å²) in [5.41, 5.74) is 4.22. The Kier molecular flexibility index (Phi) is 7.67. The van der Waals surface area contributed by atoms with E-state index < -0.39 is 10.0 Å². The van der Waals surface area contributed by atoms with E-state index in [1.807, 2.05) is 50.2 Å². The summed E-state index contributed by atoms with van der Waals surface area (Å²) in [4.78, 5) is 12.4. The lowest BCUT2D eigenvalue weighted by Gasteiger charge is -2.23. The van der Waals surface area contributed by atoms with E-state index >= 15 is 0 Å². The summed E-state index contributed by atoms with van der Waals surface area (Å²) in [5, 5.41) is 2.72. The van der Waals surface area contributed by atoms with E-state index in [-0.39, 0.29) is 22.8 Å². The van der Waals surface area contributed by atoms with Crippen LogP contribution in [0, 0.1) is 13.8 Å². The van der Waals surface area contributed by atoms with E-state index in [0.717, 1.165) is 17.5 Å². The number of nitrogens with one attached hydrogen (secondary N) is 2. The van der Waals surface area contributed by atoms with Gasteiger partial charge in [-0.2, -0.15) is 0 Å². The van der Waals surface area contributed by atoms with Gasteiger partial charge in [0, 0.05) is 5.69 Å². The molecule has 0 saturated heterocycles. The van der Waals surface area contributed by atoms with Gasteiger partial charge in [0.25, 0.3) is 15.9 Å². The third kappa shape index (κ3) is 6.38. The maximum atomic E-state index is 12.7. The van der Waals surface area contributed by atoms with E-state index in [0.29, 0.717) is 17.1 Å². The first-order chi connectivity index (χ1) is 16.0. The lowest BCUT2D eigenvalue weighted by atomic mass is 9.82. The molecule has 0 aromatic heterocycles. The lowest BCUT2D eigenvalue weighted by molar-refractivity contribution is -0.118. The van der Waals surface area contributed by atoms with Crippen LogP contribution in [-0.4, -0.2) is 20.9 Å². The summed E-state index contributed by atoms with van der Waals surface area (Å²) >= 11 is 0. The molecule has 34 heavy (non-hydrogen) atoms. The fourth-order valence-electron chi connectivity index (χ4n) is 3.40. The molecule has 2 N–H and O–H groups in total. The van der Waals surface area contributed by atoms with Crippen molar-refractivity contribution in [1.29, 1.82) is 0 Å². The second kappa shape index (κ2) is 10.3. The summed E-state index contributed by atoms with van der Waals surface area (Å²) in [6.45, 7) is 10.2. The lowest BCUT2D eigenvalue weighted by Crippen LogP contribution is -2.20. The van der Waals surface area contributed by atoms with Gasteiger partial charge in [-0.3, -0.25) is 9.52 Å². The van der Waals surface area contributed by atoms with Gasteiger partial charge in [-0.25, -0.2) is 8.42 Å². The SMILES string of the molecule is CCC(C)(C)c1ccc(OCC(=O)Nc2ccc(S(=O)(=O)Nc3ccc(C)cc3C)cc2)cc1. The van der Waals surface area contributed by atoms with Gasteiger partial charge in [0.05, 0.1) is 10.6 Å². The highest BCUT2D eigenvalue weighted by Gasteiger charge is 2.18. The Balaban J connectivity index is 1.57. The van der Waals surface area contributed by atoms with Crippen molar-refractivity contribution in [3.63, 3.8) is 0 Å². The van der Waals surface area contributed by atoms with Gasteiger partial charge in [-0.1, -0.05) is 50.6 Å². The van der Waals surface area contributed by atoms with Crippen molar-refractivity contribution in [3.8, 4) is 5.75 Å². The zero-order chi connectivity index (χ0) is 24.9. The molecule has 0 aliphatic carbocycles. The number of aryl methyl sites for hydroxylation is 2. The summed E-state index contributed by atoms with van der Waals surface area (Å²) in [5.74, 6) is 0.284. The fourth-order valence-corrected chi connectivity index (χ4v) is 4.53. The predicted molar refractivity (Wildman–Crippen MR) is 137 cm³/mol. The molecule has 0 unspecified atom stereocenters. The number of rotatable bonds is 9. The quantitative estimate of drug-likeness (QED) is 0.405. The van der Waals surface area contributed by atoms with Crippen LogP contribution in [0.15, 0.2) is 71.6 Å². The van der Waals surface area contributed by atoms with Crippen LogP contribution in [0.2, 0.25) is 0 Å².